The van der Waals surface area contributed by atoms with Gasteiger partial charge < -0.3 is 14.0 Å². The fourth-order valence-electron chi connectivity index (χ4n) is 5.77. The van der Waals surface area contributed by atoms with Gasteiger partial charge in [0.1, 0.15) is 5.58 Å². The molecule has 0 N–H and O–H groups in total. The first-order chi connectivity index (χ1) is 22.2. The summed E-state index contributed by atoms with van der Waals surface area (Å²) in [5, 5.41) is 4.41. The van der Waals surface area contributed by atoms with Gasteiger partial charge in [0.05, 0.1) is 16.9 Å². The molecule has 0 amide bonds. The summed E-state index contributed by atoms with van der Waals surface area (Å²) in [7, 11) is 0. The summed E-state index contributed by atoms with van der Waals surface area (Å²) in [6, 6.07) is 49.1. The van der Waals surface area contributed by atoms with E-state index < -0.39 is 0 Å². The Morgan fingerprint density at radius 3 is 2.30 bits per heavy atom. The van der Waals surface area contributed by atoms with E-state index in [2.05, 4.69) is 70.2 Å². The van der Waals surface area contributed by atoms with Crippen molar-refractivity contribution in [3.8, 4) is 28.3 Å². The normalized spacial score (nSPS) is 11.0. The van der Waals surface area contributed by atoms with Crippen molar-refractivity contribution in [2.24, 2.45) is 0 Å². The molecule has 5 nitrogen and oxygen atoms in total. The smallest absolute Gasteiger partial charge is 0.155 e. The van der Waals surface area contributed by atoms with E-state index in [4.69, 9.17) is 14.4 Å². The second-order valence-corrected chi connectivity index (χ2v) is 10.8. The SMILES string of the molecule is Cc1cnc2c(c1)nc(-c1[c-]ccc3c1oc1c4ccccc4ccc31)n2-c1ccccc1.[Ir].[c-]1ccccc1-c1ccccn1. The summed E-state index contributed by atoms with van der Waals surface area (Å²) in [5.74, 6) is 0.767. The van der Waals surface area contributed by atoms with Crippen LogP contribution in [0.1, 0.15) is 5.56 Å². The van der Waals surface area contributed by atoms with Gasteiger partial charge >= 0.3 is 0 Å². The largest absolute Gasteiger partial charge is 0.500 e. The summed E-state index contributed by atoms with van der Waals surface area (Å²) >= 11 is 0. The van der Waals surface area contributed by atoms with Crippen LogP contribution in [0.15, 0.2) is 144 Å². The van der Waals surface area contributed by atoms with E-state index in [0.717, 1.165) is 77.8 Å². The molecule has 0 bridgehead atoms. The Morgan fingerprint density at radius 1 is 0.674 bits per heavy atom. The molecule has 0 saturated carbocycles. The number of aromatic nitrogens is 4. The minimum absolute atomic E-state index is 0. The van der Waals surface area contributed by atoms with Crippen molar-refractivity contribution in [1.29, 1.82) is 0 Å². The molecule has 46 heavy (non-hydrogen) atoms. The summed E-state index contributed by atoms with van der Waals surface area (Å²) in [4.78, 5) is 14.0. The maximum Gasteiger partial charge on any atom is 0.155 e. The van der Waals surface area contributed by atoms with E-state index in [1.165, 1.54) is 0 Å². The molecule has 6 heteroatoms. The number of para-hydroxylation sites is 1. The Bertz CT molecular complexity index is 2400. The van der Waals surface area contributed by atoms with Gasteiger partial charge in [-0.25, -0.2) is 4.98 Å². The Labute approximate surface area is 279 Å². The van der Waals surface area contributed by atoms with E-state index in [-0.39, 0.29) is 20.1 Å². The number of pyridine rings is 2. The van der Waals surface area contributed by atoms with Gasteiger partial charge in [0.25, 0.3) is 0 Å². The first kappa shape index (κ1) is 29.3. The number of aryl methyl sites for hydroxylation is 1. The molecule has 5 aromatic carbocycles. The predicted molar refractivity (Wildman–Crippen MR) is 181 cm³/mol. The Kier molecular flexibility index (Phi) is 7.98. The molecule has 0 fully saturated rings. The molecule has 0 unspecified atom stereocenters. The summed E-state index contributed by atoms with van der Waals surface area (Å²) in [6.07, 6.45) is 3.67. The van der Waals surface area contributed by atoms with Gasteiger partial charge in [-0.05, 0) is 47.8 Å². The van der Waals surface area contributed by atoms with Gasteiger partial charge in [-0.2, -0.15) is 0 Å². The molecule has 0 aliphatic heterocycles. The van der Waals surface area contributed by atoms with Crippen LogP contribution >= 0.6 is 0 Å². The number of hydrogen-bond donors (Lipinski definition) is 0. The maximum absolute atomic E-state index is 6.56. The minimum Gasteiger partial charge on any atom is -0.500 e. The van der Waals surface area contributed by atoms with Crippen LogP contribution in [0.25, 0.3) is 72.2 Å². The van der Waals surface area contributed by atoms with E-state index in [9.17, 15) is 0 Å². The Hall–Kier alpha value is -5.42. The fourth-order valence-corrected chi connectivity index (χ4v) is 5.77. The van der Waals surface area contributed by atoms with Crippen molar-refractivity contribution in [1.82, 2.24) is 19.5 Å². The number of rotatable bonds is 3. The van der Waals surface area contributed by atoms with Crippen molar-refractivity contribution >= 4 is 43.9 Å². The first-order valence-electron chi connectivity index (χ1n) is 14.8. The number of nitrogens with zero attached hydrogens (tertiary/aromatic N) is 4. The van der Waals surface area contributed by atoms with Crippen LogP contribution in [0.5, 0.6) is 0 Å². The van der Waals surface area contributed by atoms with Crippen molar-refractivity contribution in [2.45, 2.75) is 6.92 Å². The van der Waals surface area contributed by atoms with E-state index in [0.29, 0.717) is 0 Å². The number of fused-ring (bicyclic) bond motifs is 6. The zero-order valence-electron chi connectivity index (χ0n) is 24.8. The molecule has 4 aromatic heterocycles. The van der Waals surface area contributed by atoms with Crippen molar-refractivity contribution in [2.75, 3.05) is 0 Å². The molecule has 4 heterocycles. The molecule has 0 atom stereocenters. The molecule has 9 rings (SSSR count). The molecule has 0 spiro atoms. The van der Waals surface area contributed by atoms with Gasteiger partial charge in [-0.1, -0.05) is 77.7 Å². The number of furan rings is 1. The van der Waals surface area contributed by atoms with Crippen LogP contribution in [-0.2, 0) is 20.1 Å². The zero-order valence-corrected chi connectivity index (χ0v) is 27.2. The van der Waals surface area contributed by atoms with E-state index in [1.807, 2.05) is 92.0 Å². The summed E-state index contributed by atoms with van der Waals surface area (Å²) in [5.41, 5.74) is 8.24. The van der Waals surface area contributed by atoms with Gasteiger partial charge in [0.15, 0.2) is 5.65 Å². The Morgan fingerprint density at radius 2 is 1.48 bits per heavy atom. The van der Waals surface area contributed by atoms with Crippen molar-refractivity contribution < 1.29 is 24.5 Å². The number of hydrogen-bond acceptors (Lipinski definition) is 4. The Balaban J connectivity index is 0.000000220. The monoisotopic (exact) mass is 771 g/mol. The third-order valence-electron chi connectivity index (χ3n) is 7.85. The van der Waals surface area contributed by atoms with Gasteiger partial charge in [-0.3, -0.25) is 4.98 Å². The molecule has 223 valence electrons. The number of imidazole rings is 1. The quantitative estimate of drug-likeness (QED) is 0.168. The third-order valence-corrected chi connectivity index (χ3v) is 7.85. The molecule has 0 saturated heterocycles. The predicted octanol–water partition coefficient (Wildman–Crippen LogP) is 9.79. The molecule has 0 aliphatic carbocycles. The topological polar surface area (TPSA) is 56.7 Å². The van der Waals surface area contributed by atoms with E-state index >= 15 is 0 Å². The van der Waals surface area contributed by atoms with Crippen LogP contribution in [0, 0.1) is 19.1 Å². The van der Waals surface area contributed by atoms with Crippen LogP contribution in [0.4, 0.5) is 0 Å². The zero-order chi connectivity index (χ0) is 30.2. The van der Waals surface area contributed by atoms with Crippen molar-refractivity contribution in [3.05, 3.63) is 157 Å². The van der Waals surface area contributed by atoms with Gasteiger partial charge in [0, 0.05) is 49.0 Å². The summed E-state index contributed by atoms with van der Waals surface area (Å²) in [6.45, 7) is 2.03. The third kappa shape index (κ3) is 5.28. The van der Waals surface area contributed by atoms with Crippen LogP contribution in [0.3, 0.4) is 0 Å². The van der Waals surface area contributed by atoms with Crippen LogP contribution in [-0.4, -0.2) is 19.5 Å². The van der Waals surface area contributed by atoms with Crippen molar-refractivity contribution in [3.63, 3.8) is 0 Å². The van der Waals surface area contributed by atoms with Crippen LogP contribution in [0.2, 0.25) is 0 Å². The van der Waals surface area contributed by atoms with Gasteiger partial charge in [0.2, 0.25) is 0 Å². The average Bonchev–Trinajstić information content (AvgIpc) is 3.68. The molecule has 1 radical (unpaired) electrons. The van der Waals surface area contributed by atoms with Gasteiger partial charge in [-0.15, -0.1) is 54.1 Å². The molecule has 9 aromatic rings. The first-order valence-corrected chi connectivity index (χ1v) is 14.8. The maximum atomic E-state index is 6.56. The molecule has 0 aliphatic rings. The fraction of sp³-hybridized carbons (Fsp3) is 0.0250. The molecular weight excluding hydrogens is 745 g/mol. The number of benzene rings is 5. The minimum atomic E-state index is 0. The second-order valence-electron chi connectivity index (χ2n) is 10.8. The molecular formula is C40H26IrN4O-2. The summed E-state index contributed by atoms with van der Waals surface area (Å²) < 4.78 is 8.65. The standard InChI is InChI=1S/C29H18N3O.C11H8N.Ir/c1-18-16-25-29(30-17-18)32(20-9-3-2-4-10-20)28(31-25)24-13-7-12-22-23-15-14-19-8-5-6-11-21(19)26(23)33-27(22)24;1-2-6-10(7-3-1)11-8-4-5-9-12-11;/h2-12,14-17H,1H3;1-6,8-9H;/q2*-1;. The van der Waals surface area contributed by atoms with Crippen LogP contribution < -0.4 is 0 Å². The second kappa shape index (κ2) is 12.5. The van der Waals surface area contributed by atoms with E-state index in [1.54, 1.807) is 6.20 Å². The average molecular weight is 771 g/mol.